The minimum absolute atomic E-state index is 0.0142. The van der Waals surface area contributed by atoms with E-state index in [1.807, 2.05) is 33.1 Å². The number of likely N-dealkylation sites (N-methyl/N-ethyl adjacent to an activating group) is 1. The average molecular weight is 284 g/mol. The molecule has 1 aliphatic carbocycles. The average Bonchev–Trinajstić information content (AvgIpc) is 3.13. The van der Waals surface area contributed by atoms with Crippen molar-refractivity contribution in [3.8, 4) is 0 Å². The van der Waals surface area contributed by atoms with Crippen LogP contribution in [0, 0.1) is 11.8 Å². The van der Waals surface area contributed by atoms with E-state index in [1.54, 1.807) is 0 Å². The molecule has 2 N–H and O–H groups in total. The number of carbonyl (C=O) groups is 2. The summed E-state index contributed by atoms with van der Waals surface area (Å²) in [6.45, 7) is 3.10. The lowest BCUT2D eigenvalue weighted by Crippen LogP contribution is -2.34. The molecule has 0 spiro atoms. The molecule has 1 saturated carbocycles. The minimum atomic E-state index is -0.119. The van der Waals surface area contributed by atoms with Gasteiger partial charge < -0.3 is 20.4 Å². The summed E-state index contributed by atoms with van der Waals surface area (Å²) in [5.74, 6) is -0.198. The molecule has 0 heterocycles. The highest BCUT2D eigenvalue weighted by Crippen LogP contribution is 2.38. The van der Waals surface area contributed by atoms with Gasteiger partial charge in [-0.2, -0.15) is 0 Å². The second-order valence-electron chi connectivity index (χ2n) is 5.99. The van der Waals surface area contributed by atoms with E-state index in [9.17, 15) is 9.59 Å². The molecule has 20 heavy (non-hydrogen) atoms. The van der Waals surface area contributed by atoms with Gasteiger partial charge in [0.25, 0.3) is 0 Å². The lowest BCUT2D eigenvalue weighted by molar-refractivity contribution is -0.127. The Morgan fingerprint density at radius 2 is 1.40 bits per heavy atom. The van der Waals surface area contributed by atoms with Crippen molar-refractivity contribution in [2.45, 2.75) is 12.8 Å². The zero-order chi connectivity index (χ0) is 15.1. The van der Waals surface area contributed by atoms with Crippen LogP contribution >= 0.6 is 0 Å². The highest BCUT2D eigenvalue weighted by Gasteiger charge is 2.47. The SMILES string of the molecule is CN(C)CCCNC(=O)C1CC1C(=O)NCCN(C)C. The first-order chi connectivity index (χ1) is 9.41. The molecule has 0 saturated heterocycles. The predicted molar refractivity (Wildman–Crippen MR) is 79.3 cm³/mol. The van der Waals surface area contributed by atoms with Gasteiger partial charge in [0.05, 0.1) is 11.8 Å². The second-order valence-corrected chi connectivity index (χ2v) is 5.99. The highest BCUT2D eigenvalue weighted by molar-refractivity contribution is 5.92. The van der Waals surface area contributed by atoms with Crippen molar-refractivity contribution >= 4 is 11.8 Å². The van der Waals surface area contributed by atoms with Crippen LogP contribution in [0.1, 0.15) is 12.8 Å². The third kappa shape index (κ3) is 6.34. The zero-order valence-electron chi connectivity index (χ0n) is 13.1. The molecular formula is C14H28N4O2. The third-order valence-corrected chi connectivity index (χ3v) is 3.40. The van der Waals surface area contributed by atoms with Gasteiger partial charge in [0.1, 0.15) is 0 Å². The van der Waals surface area contributed by atoms with Gasteiger partial charge in [-0.3, -0.25) is 9.59 Å². The lowest BCUT2D eigenvalue weighted by Gasteiger charge is -2.11. The summed E-state index contributed by atoms with van der Waals surface area (Å²) in [7, 11) is 7.95. The molecule has 0 radical (unpaired) electrons. The molecule has 0 aromatic rings. The van der Waals surface area contributed by atoms with Gasteiger partial charge in [-0.15, -0.1) is 0 Å². The molecule has 2 atom stereocenters. The van der Waals surface area contributed by atoms with Crippen molar-refractivity contribution < 1.29 is 9.59 Å². The normalized spacial score (nSPS) is 21.1. The minimum Gasteiger partial charge on any atom is -0.356 e. The fourth-order valence-electron chi connectivity index (χ4n) is 2.05. The zero-order valence-corrected chi connectivity index (χ0v) is 13.1. The Morgan fingerprint density at radius 1 is 0.900 bits per heavy atom. The second kappa shape index (κ2) is 8.21. The molecule has 2 amide bonds. The molecule has 1 rings (SSSR count). The van der Waals surface area contributed by atoms with Crippen LogP contribution < -0.4 is 10.6 Å². The smallest absolute Gasteiger partial charge is 0.223 e. The first kappa shape index (κ1) is 16.9. The number of hydrogen-bond acceptors (Lipinski definition) is 4. The molecule has 0 aliphatic heterocycles. The monoisotopic (exact) mass is 284 g/mol. The summed E-state index contributed by atoms with van der Waals surface area (Å²) in [6, 6.07) is 0. The standard InChI is InChI=1S/C14H28N4O2/c1-17(2)8-5-6-15-13(19)11-10-12(11)14(20)16-7-9-18(3)4/h11-12H,5-10H2,1-4H3,(H,15,19)(H,16,20). The summed E-state index contributed by atoms with van der Waals surface area (Å²) >= 11 is 0. The maximum absolute atomic E-state index is 11.8. The molecule has 2 unspecified atom stereocenters. The maximum Gasteiger partial charge on any atom is 0.223 e. The number of carbonyl (C=O) groups excluding carboxylic acids is 2. The molecule has 0 aromatic carbocycles. The van der Waals surface area contributed by atoms with E-state index in [2.05, 4.69) is 15.5 Å². The molecule has 116 valence electrons. The van der Waals surface area contributed by atoms with E-state index in [-0.39, 0.29) is 23.7 Å². The summed E-state index contributed by atoms with van der Waals surface area (Å²) in [4.78, 5) is 27.7. The Labute approximate surface area is 121 Å². The Hall–Kier alpha value is -1.14. The van der Waals surface area contributed by atoms with Crippen molar-refractivity contribution in [3.05, 3.63) is 0 Å². The summed E-state index contributed by atoms with van der Waals surface area (Å²) in [5.41, 5.74) is 0. The van der Waals surface area contributed by atoms with Crippen molar-refractivity contribution in [1.82, 2.24) is 20.4 Å². The molecule has 1 aliphatic rings. The van der Waals surface area contributed by atoms with E-state index in [1.165, 1.54) is 0 Å². The van der Waals surface area contributed by atoms with Gasteiger partial charge in [-0.25, -0.2) is 0 Å². The number of nitrogens with zero attached hydrogens (tertiary/aromatic N) is 2. The molecule has 6 heteroatoms. The van der Waals surface area contributed by atoms with Gasteiger partial charge in [-0.05, 0) is 47.6 Å². The van der Waals surface area contributed by atoms with Crippen LogP contribution in [0.3, 0.4) is 0 Å². The van der Waals surface area contributed by atoms with Crippen molar-refractivity contribution in [3.63, 3.8) is 0 Å². The molecule has 0 aromatic heterocycles. The Morgan fingerprint density at radius 3 is 1.90 bits per heavy atom. The number of rotatable bonds is 9. The summed E-state index contributed by atoms with van der Waals surface area (Å²) in [6.07, 6.45) is 1.62. The number of hydrogen-bond donors (Lipinski definition) is 2. The van der Waals surface area contributed by atoms with E-state index >= 15 is 0 Å². The fourth-order valence-corrected chi connectivity index (χ4v) is 2.05. The first-order valence-corrected chi connectivity index (χ1v) is 7.26. The topological polar surface area (TPSA) is 64.7 Å². The Bertz CT molecular complexity index is 331. The van der Waals surface area contributed by atoms with Crippen LogP contribution in [-0.4, -0.2) is 76.0 Å². The Balaban J connectivity index is 2.11. The number of nitrogens with one attached hydrogen (secondary N) is 2. The van der Waals surface area contributed by atoms with Crippen LogP contribution in [0.2, 0.25) is 0 Å². The van der Waals surface area contributed by atoms with Crippen molar-refractivity contribution in [2.75, 3.05) is 54.4 Å². The summed E-state index contributed by atoms with van der Waals surface area (Å²) in [5, 5.41) is 5.78. The highest BCUT2D eigenvalue weighted by atomic mass is 16.2. The third-order valence-electron chi connectivity index (χ3n) is 3.40. The number of amides is 2. The van der Waals surface area contributed by atoms with Crippen LogP contribution in [0.25, 0.3) is 0 Å². The first-order valence-electron chi connectivity index (χ1n) is 7.26. The maximum atomic E-state index is 11.8. The van der Waals surface area contributed by atoms with Crippen LogP contribution in [-0.2, 0) is 9.59 Å². The van der Waals surface area contributed by atoms with Gasteiger partial charge in [-0.1, -0.05) is 0 Å². The van der Waals surface area contributed by atoms with Crippen LogP contribution in [0.15, 0.2) is 0 Å². The predicted octanol–water partition coefficient (Wildman–Crippen LogP) is -0.632. The molecule has 1 fully saturated rings. The van der Waals surface area contributed by atoms with Crippen molar-refractivity contribution in [1.29, 1.82) is 0 Å². The van der Waals surface area contributed by atoms with E-state index in [0.29, 0.717) is 19.5 Å². The van der Waals surface area contributed by atoms with Gasteiger partial charge >= 0.3 is 0 Å². The van der Waals surface area contributed by atoms with Crippen molar-refractivity contribution in [2.24, 2.45) is 11.8 Å². The van der Waals surface area contributed by atoms with Gasteiger partial charge in [0.15, 0.2) is 0 Å². The summed E-state index contributed by atoms with van der Waals surface area (Å²) < 4.78 is 0. The molecular weight excluding hydrogens is 256 g/mol. The molecule has 6 nitrogen and oxygen atoms in total. The van der Waals surface area contributed by atoms with E-state index in [4.69, 9.17) is 0 Å². The van der Waals surface area contributed by atoms with Crippen LogP contribution in [0.4, 0.5) is 0 Å². The van der Waals surface area contributed by atoms with Crippen LogP contribution in [0.5, 0.6) is 0 Å². The fraction of sp³-hybridized carbons (Fsp3) is 0.857. The molecule has 0 bridgehead atoms. The van der Waals surface area contributed by atoms with E-state index in [0.717, 1.165) is 19.5 Å². The van der Waals surface area contributed by atoms with Gasteiger partial charge in [0.2, 0.25) is 11.8 Å². The quantitative estimate of drug-likeness (QED) is 0.553. The van der Waals surface area contributed by atoms with Gasteiger partial charge in [0, 0.05) is 19.6 Å². The lowest BCUT2D eigenvalue weighted by atomic mass is 10.2. The Kier molecular flexibility index (Phi) is 6.95. The largest absolute Gasteiger partial charge is 0.356 e. The van der Waals surface area contributed by atoms with E-state index < -0.39 is 0 Å².